The van der Waals surface area contributed by atoms with Crippen LogP contribution in [0.1, 0.15) is 19.3 Å². The number of hydrogen-bond acceptors (Lipinski definition) is 3. The molecule has 2 aromatic carbocycles. The van der Waals surface area contributed by atoms with Gasteiger partial charge in [-0.25, -0.2) is 0 Å². The van der Waals surface area contributed by atoms with Crippen molar-refractivity contribution in [2.45, 2.75) is 25.3 Å². The number of rotatable bonds is 5. The summed E-state index contributed by atoms with van der Waals surface area (Å²) in [6.45, 7) is 0.546. The highest BCUT2D eigenvalue weighted by Crippen LogP contribution is 2.33. The molecule has 0 radical (unpaired) electrons. The Hall–Kier alpha value is -2.82. The molecule has 4 rings (SSSR count). The van der Waals surface area contributed by atoms with Gasteiger partial charge >= 0.3 is 0 Å². The third-order valence-corrected chi connectivity index (χ3v) is 4.62. The molecule has 1 heterocycles. The molecule has 2 aliphatic rings. The fraction of sp³-hybridized carbons (Fsp3) is 0.300. The lowest BCUT2D eigenvalue weighted by Crippen LogP contribution is -2.29. The molecular formula is C20H20N2O3. The molecule has 2 fully saturated rings. The number of hydrogen-bond donors (Lipinski definition) is 1. The molecule has 2 aromatic rings. The molecule has 5 nitrogen and oxygen atoms in total. The molecule has 1 N–H and O–H groups in total. The van der Waals surface area contributed by atoms with E-state index in [1.54, 1.807) is 0 Å². The number of likely N-dealkylation sites (tertiary alicyclic amines) is 1. The second-order valence-electron chi connectivity index (χ2n) is 6.61. The monoisotopic (exact) mass is 336 g/mol. The lowest BCUT2D eigenvalue weighted by molar-refractivity contribution is -0.128. The molecule has 2 amide bonds. The molecule has 0 aromatic heterocycles. The molecular weight excluding hydrogens is 316 g/mol. The Morgan fingerprint density at radius 1 is 1.00 bits per heavy atom. The smallest absolute Gasteiger partial charge is 0.229 e. The quantitative estimate of drug-likeness (QED) is 0.910. The summed E-state index contributed by atoms with van der Waals surface area (Å²) < 4.78 is 5.74. The lowest BCUT2D eigenvalue weighted by Gasteiger charge is -2.15. The molecule has 1 aliphatic heterocycles. The third kappa shape index (κ3) is 3.65. The average Bonchev–Trinajstić information content (AvgIpc) is 3.39. The predicted octanol–water partition coefficient (Wildman–Crippen LogP) is 3.43. The zero-order valence-corrected chi connectivity index (χ0v) is 13.9. The number of nitrogens with one attached hydrogen (secondary N) is 1. The van der Waals surface area contributed by atoms with Crippen LogP contribution in [0.15, 0.2) is 54.6 Å². The van der Waals surface area contributed by atoms with Crippen molar-refractivity contribution in [3.8, 4) is 11.5 Å². The zero-order chi connectivity index (χ0) is 17.2. The minimum atomic E-state index is -0.256. The van der Waals surface area contributed by atoms with Gasteiger partial charge in [0.05, 0.1) is 5.92 Å². The Balaban J connectivity index is 1.34. The second kappa shape index (κ2) is 6.59. The van der Waals surface area contributed by atoms with Crippen LogP contribution in [0.25, 0.3) is 0 Å². The van der Waals surface area contributed by atoms with Crippen LogP contribution in [0.4, 0.5) is 5.69 Å². The second-order valence-corrected chi connectivity index (χ2v) is 6.61. The fourth-order valence-electron chi connectivity index (χ4n) is 3.12. The Bertz CT molecular complexity index is 769. The minimum absolute atomic E-state index is 0.0896. The van der Waals surface area contributed by atoms with Crippen molar-refractivity contribution in [1.29, 1.82) is 0 Å². The number of para-hydroxylation sites is 1. The minimum Gasteiger partial charge on any atom is -0.457 e. The van der Waals surface area contributed by atoms with E-state index in [4.69, 9.17) is 4.74 Å². The van der Waals surface area contributed by atoms with Crippen LogP contribution in [0.3, 0.4) is 0 Å². The maximum absolute atomic E-state index is 12.4. The van der Waals surface area contributed by atoms with Crippen LogP contribution in [-0.4, -0.2) is 29.3 Å². The van der Waals surface area contributed by atoms with E-state index in [1.165, 1.54) is 0 Å². The van der Waals surface area contributed by atoms with Gasteiger partial charge < -0.3 is 15.0 Å². The van der Waals surface area contributed by atoms with E-state index >= 15 is 0 Å². The van der Waals surface area contributed by atoms with Crippen molar-refractivity contribution in [3.63, 3.8) is 0 Å². The summed E-state index contributed by atoms with van der Waals surface area (Å²) in [5.74, 6) is 1.24. The van der Waals surface area contributed by atoms with Gasteiger partial charge in [0.15, 0.2) is 0 Å². The first-order valence-corrected chi connectivity index (χ1v) is 8.62. The van der Waals surface area contributed by atoms with E-state index in [2.05, 4.69) is 5.32 Å². The number of anilines is 1. The van der Waals surface area contributed by atoms with Gasteiger partial charge in [0.1, 0.15) is 11.5 Å². The van der Waals surface area contributed by atoms with Crippen molar-refractivity contribution in [1.82, 2.24) is 4.90 Å². The van der Waals surface area contributed by atoms with Crippen molar-refractivity contribution < 1.29 is 14.3 Å². The van der Waals surface area contributed by atoms with E-state index in [0.717, 1.165) is 18.6 Å². The summed E-state index contributed by atoms with van der Waals surface area (Å²) >= 11 is 0. The molecule has 25 heavy (non-hydrogen) atoms. The highest BCUT2D eigenvalue weighted by atomic mass is 16.5. The number of carbonyl (C=O) groups is 2. The fourth-order valence-corrected chi connectivity index (χ4v) is 3.12. The Labute approximate surface area is 146 Å². The summed E-state index contributed by atoms with van der Waals surface area (Å²) in [5.41, 5.74) is 0.711. The van der Waals surface area contributed by atoms with Crippen molar-refractivity contribution in [2.75, 3.05) is 11.9 Å². The van der Waals surface area contributed by atoms with Gasteiger partial charge in [-0.2, -0.15) is 0 Å². The van der Waals surface area contributed by atoms with Gasteiger partial charge in [0, 0.05) is 24.7 Å². The van der Waals surface area contributed by atoms with E-state index in [9.17, 15) is 9.59 Å². The average molecular weight is 336 g/mol. The highest BCUT2D eigenvalue weighted by Gasteiger charge is 2.41. The standard InChI is InChI=1S/C20H20N2O3/c23-19-12-14(13-22(19)16-8-9-16)20(24)21-15-6-10-18(11-7-15)25-17-4-2-1-3-5-17/h1-7,10-11,14,16H,8-9,12-13H2,(H,21,24)/t14-/m0/s1. The number of nitrogens with zero attached hydrogens (tertiary/aromatic N) is 1. The first-order chi connectivity index (χ1) is 12.2. The van der Waals surface area contributed by atoms with E-state index in [-0.39, 0.29) is 17.7 Å². The summed E-state index contributed by atoms with van der Waals surface area (Å²) in [6, 6.07) is 17.2. The SMILES string of the molecule is O=C(Nc1ccc(Oc2ccccc2)cc1)[C@H]1CC(=O)N(C2CC2)C1. The molecule has 5 heteroatoms. The number of benzene rings is 2. The summed E-state index contributed by atoms with van der Waals surface area (Å²) in [6.07, 6.45) is 2.46. The van der Waals surface area contributed by atoms with E-state index in [0.29, 0.717) is 30.4 Å². The maximum Gasteiger partial charge on any atom is 0.229 e. The first-order valence-electron chi connectivity index (χ1n) is 8.62. The number of ether oxygens (including phenoxy) is 1. The van der Waals surface area contributed by atoms with Gasteiger partial charge in [-0.3, -0.25) is 9.59 Å². The van der Waals surface area contributed by atoms with Crippen molar-refractivity contribution in [2.24, 2.45) is 5.92 Å². The first kappa shape index (κ1) is 15.7. The van der Waals surface area contributed by atoms with Gasteiger partial charge in [-0.1, -0.05) is 18.2 Å². The van der Waals surface area contributed by atoms with Crippen LogP contribution in [0.5, 0.6) is 11.5 Å². The van der Waals surface area contributed by atoms with Crippen molar-refractivity contribution in [3.05, 3.63) is 54.6 Å². The van der Waals surface area contributed by atoms with E-state index < -0.39 is 0 Å². The number of carbonyl (C=O) groups excluding carboxylic acids is 2. The Morgan fingerprint density at radius 3 is 2.36 bits per heavy atom. The predicted molar refractivity (Wildman–Crippen MR) is 94.4 cm³/mol. The Morgan fingerprint density at radius 2 is 1.68 bits per heavy atom. The van der Waals surface area contributed by atoms with Crippen molar-refractivity contribution >= 4 is 17.5 Å². The van der Waals surface area contributed by atoms with E-state index in [1.807, 2.05) is 59.5 Å². The topological polar surface area (TPSA) is 58.6 Å². The number of amides is 2. The van der Waals surface area contributed by atoms with Gasteiger partial charge in [-0.15, -0.1) is 0 Å². The Kier molecular flexibility index (Phi) is 4.14. The van der Waals surface area contributed by atoms with Gasteiger partial charge in [0.25, 0.3) is 0 Å². The molecule has 1 saturated carbocycles. The molecule has 0 spiro atoms. The molecule has 0 unspecified atom stereocenters. The molecule has 1 aliphatic carbocycles. The van der Waals surface area contributed by atoms with Crippen LogP contribution >= 0.6 is 0 Å². The van der Waals surface area contributed by atoms with Gasteiger partial charge in [-0.05, 0) is 49.2 Å². The zero-order valence-electron chi connectivity index (χ0n) is 13.9. The van der Waals surface area contributed by atoms with Crippen LogP contribution in [-0.2, 0) is 9.59 Å². The third-order valence-electron chi connectivity index (χ3n) is 4.62. The lowest BCUT2D eigenvalue weighted by atomic mass is 10.1. The highest BCUT2D eigenvalue weighted by molar-refractivity contribution is 5.97. The molecule has 1 saturated heterocycles. The molecule has 0 bridgehead atoms. The van der Waals surface area contributed by atoms with Crippen LogP contribution in [0.2, 0.25) is 0 Å². The molecule has 1 atom stereocenters. The maximum atomic E-state index is 12.4. The summed E-state index contributed by atoms with van der Waals surface area (Å²) in [5, 5.41) is 2.90. The van der Waals surface area contributed by atoms with Gasteiger partial charge in [0.2, 0.25) is 11.8 Å². The summed E-state index contributed by atoms with van der Waals surface area (Å²) in [4.78, 5) is 26.2. The van der Waals surface area contributed by atoms with Crippen LogP contribution in [0, 0.1) is 5.92 Å². The normalized spacial score (nSPS) is 19.8. The largest absolute Gasteiger partial charge is 0.457 e. The summed E-state index contributed by atoms with van der Waals surface area (Å²) in [7, 11) is 0. The van der Waals surface area contributed by atoms with Crippen LogP contribution < -0.4 is 10.1 Å². The molecule has 128 valence electrons.